The van der Waals surface area contributed by atoms with E-state index in [0.717, 1.165) is 79.6 Å². The predicted molar refractivity (Wildman–Crippen MR) is 155 cm³/mol. The van der Waals surface area contributed by atoms with Crippen LogP contribution in [-0.4, -0.2) is 120 Å². The Morgan fingerprint density at radius 2 is 1.85 bits per heavy atom. The van der Waals surface area contributed by atoms with Crippen LogP contribution in [0, 0.1) is 17.2 Å². The summed E-state index contributed by atoms with van der Waals surface area (Å²) in [6.07, 6.45) is 9.08. The molecule has 10 heteroatoms. The molecule has 10 rings (SSSR count). The molecule has 10 heterocycles. The molecule has 0 N–H and O–H groups in total. The van der Waals surface area contributed by atoms with Crippen LogP contribution in [0.3, 0.4) is 0 Å². The lowest BCUT2D eigenvalue weighted by molar-refractivity contribution is -0.0875. The smallest absolute Gasteiger partial charge is 0.138 e. The molecule has 3 aromatic heterocycles. The number of piperazine rings is 2. The first kappa shape index (κ1) is 25.5. The number of pyridine rings is 2. The van der Waals surface area contributed by atoms with Gasteiger partial charge in [0.2, 0.25) is 0 Å². The van der Waals surface area contributed by atoms with Crippen LogP contribution in [0.5, 0.6) is 5.75 Å². The topological polar surface area (TPSA) is 85.4 Å². The van der Waals surface area contributed by atoms with E-state index in [1.165, 1.54) is 32.5 Å². The number of fused-ring (bicyclic) bond motifs is 5. The molecule has 0 amide bonds. The van der Waals surface area contributed by atoms with Gasteiger partial charge >= 0.3 is 0 Å². The number of nitriles is 1. The Morgan fingerprint density at radius 3 is 2.54 bits per heavy atom. The minimum absolute atomic E-state index is 0.553. The molecule has 3 aromatic rings. The van der Waals surface area contributed by atoms with Crippen LogP contribution in [0.2, 0.25) is 0 Å². The summed E-state index contributed by atoms with van der Waals surface area (Å²) in [5, 5.41) is 14.2. The summed E-state index contributed by atoms with van der Waals surface area (Å²) in [4.78, 5) is 15.1. The van der Waals surface area contributed by atoms with Crippen molar-refractivity contribution in [2.45, 2.75) is 43.4 Å². The summed E-state index contributed by atoms with van der Waals surface area (Å²) >= 11 is 0. The second-order valence-electron chi connectivity index (χ2n) is 12.7. The Bertz CT molecular complexity index is 1440. The van der Waals surface area contributed by atoms with E-state index in [9.17, 15) is 5.26 Å². The molecule has 4 unspecified atom stereocenters. The summed E-state index contributed by atoms with van der Waals surface area (Å²) in [6.45, 7) is 9.13. The predicted octanol–water partition coefficient (Wildman–Crippen LogP) is 2.33. The number of ether oxygens (including phenoxy) is 2. The lowest BCUT2D eigenvalue weighted by Crippen LogP contribution is -2.70. The van der Waals surface area contributed by atoms with Crippen LogP contribution >= 0.6 is 0 Å². The van der Waals surface area contributed by atoms with Crippen LogP contribution in [0.15, 0.2) is 36.8 Å². The molecule has 214 valence electrons. The molecule has 7 saturated heterocycles. The summed E-state index contributed by atoms with van der Waals surface area (Å²) in [5.74, 6) is 2.50. The van der Waals surface area contributed by atoms with Crippen molar-refractivity contribution in [3.05, 3.63) is 42.4 Å². The zero-order chi connectivity index (χ0) is 27.5. The van der Waals surface area contributed by atoms with E-state index in [0.29, 0.717) is 30.2 Å². The average Bonchev–Trinajstić information content (AvgIpc) is 3.41. The van der Waals surface area contributed by atoms with Gasteiger partial charge in [0.1, 0.15) is 17.6 Å². The molecular weight excluding hydrogens is 516 g/mol. The van der Waals surface area contributed by atoms with Gasteiger partial charge in [-0.2, -0.15) is 10.4 Å². The Morgan fingerprint density at radius 1 is 1.05 bits per heavy atom. The molecule has 7 aliphatic rings. The van der Waals surface area contributed by atoms with Crippen molar-refractivity contribution in [1.82, 2.24) is 29.3 Å². The van der Waals surface area contributed by atoms with E-state index in [-0.39, 0.29) is 0 Å². The highest BCUT2D eigenvalue weighted by atomic mass is 16.5. The van der Waals surface area contributed by atoms with Crippen molar-refractivity contribution in [2.75, 3.05) is 71.0 Å². The van der Waals surface area contributed by atoms with Crippen molar-refractivity contribution in [3.63, 3.8) is 0 Å². The number of anilines is 1. The van der Waals surface area contributed by atoms with Crippen LogP contribution in [0.4, 0.5) is 5.82 Å². The first-order chi connectivity index (χ1) is 20.1. The number of hydrogen-bond acceptors (Lipinski definition) is 9. The van der Waals surface area contributed by atoms with Gasteiger partial charge in [-0.1, -0.05) is 0 Å². The maximum atomic E-state index is 9.76. The van der Waals surface area contributed by atoms with E-state index >= 15 is 0 Å². The standard InChI is InChI=1S/C31H38N8O2/c1-35-24-7-25(35)15-36(14-24)5-2-6-41-28-9-29(31-23(10-32)12-34-39(31)18-28)22-3-4-30(33-11-22)37-16-26-8-27(17-37)38(26)13-21-19-40-20-21/h3-4,9,11-12,18,21,24-27H,2,5-8,13-17,19-20H2,1H3. The van der Waals surface area contributed by atoms with Crippen LogP contribution in [0.25, 0.3) is 16.6 Å². The SMILES string of the molecule is CN1C2CC1CN(CCCOc1cc(-c3ccc(N4CC5CC(C4)N5CC4COC4)nc3)c3c(C#N)cnn3c1)C2. The number of rotatable bonds is 9. The van der Waals surface area contributed by atoms with Crippen molar-refractivity contribution >= 4 is 11.3 Å². The molecule has 4 atom stereocenters. The second kappa shape index (κ2) is 10.2. The maximum Gasteiger partial charge on any atom is 0.138 e. The van der Waals surface area contributed by atoms with Crippen LogP contribution < -0.4 is 9.64 Å². The van der Waals surface area contributed by atoms with Gasteiger partial charge < -0.3 is 19.3 Å². The molecule has 41 heavy (non-hydrogen) atoms. The number of piperidine rings is 2. The Kier molecular flexibility index (Phi) is 6.37. The van der Waals surface area contributed by atoms with Gasteiger partial charge in [-0.3, -0.25) is 9.80 Å². The van der Waals surface area contributed by atoms with E-state index in [1.807, 2.05) is 18.5 Å². The quantitative estimate of drug-likeness (QED) is 0.370. The van der Waals surface area contributed by atoms with Gasteiger partial charge in [0.25, 0.3) is 0 Å². The van der Waals surface area contributed by atoms with Gasteiger partial charge in [0, 0.05) is 86.7 Å². The maximum absolute atomic E-state index is 9.76. The van der Waals surface area contributed by atoms with Gasteiger partial charge in [-0.15, -0.1) is 0 Å². The number of hydrogen-bond donors (Lipinski definition) is 0. The number of nitrogens with zero attached hydrogens (tertiary/aromatic N) is 8. The average molecular weight is 555 g/mol. The van der Waals surface area contributed by atoms with Gasteiger partial charge in [-0.05, 0) is 44.5 Å². The van der Waals surface area contributed by atoms with Gasteiger partial charge in [0.05, 0.1) is 43.3 Å². The summed E-state index contributed by atoms with van der Waals surface area (Å²) in [5.41, 5.74) is 3.23. The van der Waals surface area contributed by atoms with Crippen molar-refractivity contribution in [2.24, 2.45) is 5.92 Å². The largest absolute Gasteiger partial charge is 0.492 e. The Balaban J connectivity index is 0.946. The fraction of sp³-hybridized carbons (Fsp3) is 0.581. The first-order valence-corrected chi connectivity index (χ1v) is 15.2. The third kappa shape index (κ3) is 4.56. The molecule has 4 bridgehead atoms. The van der Waals surface area contributed by atoms with Crippen molar-refractivity contribution < 1.29 is 9.47 Å². The van der Waals surface area contributed by atoms with Crippen molar-refractivity contribution in [3.8, 4) is 22.9 Å². The highest BCUT2D eigenvalue weighted by Gasteiger charge is 2.46. The zero-order valence-corrected chi connectivity index (χ0v) is 23.7. The first-order valence-electron chi connectivity index (χ1n) is 15.2. The van der Waals surface area contributed by atoms with E-state index in [2.05, 4.69) is 49.9 Å². The molecule has 0 spiro atoms. The van der Waals surface area contributed by atoms with E-state index < -0.39 is 0 Å². The second-order valence-corrected chi connectivity index (χ2v) is 12.7. The molecule has 0 aliphatic carbocycles. The molecule has 0 saturated carbocycles. The highest BCUT2D eigenvalue weighted by Crippen LogP contribution is 2.37. The van der Waals surface area contributed by atoms with Gasteiger partial charge in [0.15, 0.2) is 0 Å². The van der Waals surface area contributed by atoms with E-state index in [1.54, 1.807) is 10.7 Å². The molecule has 10 nitrogen and oxygen atoms in total. The summed E-state index contributed by atoms with van der Waals surface area (Å²) < 4.78 is 13.4. The van der Waals surface area contributed by atoms with Crippen LogP contribution in [0.1, 0.15) is 24.8 Å². The molecule has 0 aromatic carbocycles. The third-order valence-corrected chi connectivity index (χ3v) is 10.1. The highest BCUT2D eigenvalue weighted by molar-refractivity contribution is 5.85. The Labute approximate surface area is 241 Å². The summed E-state index contributed by atoms with van der Waals surface area (Å²) in [6, 6.07) is 11.3. The minimum Gasteiger partial charge on any atom is -0.492 e. The molecule has 7 aliphatic heterocycles. The fourth-order valence-corrected chi connectivity index (χ4v) is 7.62. The molecule has 0 radical (unpaired) electrons. The third-order valence-electron chi connectivity index (χ3n) is 10.1. The van der Waals surface area contributed by atoms with Crippen LogP contribution in [-0.2, 0) is 4.74 Å². The van der Waals surface area contributed by atoms with Crippen molar-refractivity contribution in [1.29, 1.82) is 5.26 Å². The minimum atomic E-state index is 0.553. The monoisotopic (exact) mass is 554 g/mol. The molecular formula is C31H38N8O2. The lowest BCUT2D eigenvalue weighted by Gasteiger charge is -2.58. The number of likely N-dealkylation sites (N-methyl/N-ethyl adjacent to an activating group) is 1. The normalized spacial score (nSPS) is 28.1. The fourth-order valence-electron chi connectivity index (χ4n) is 7.62. The Hall–Kier alpha value is -3.23. The summed E-state index contributed by atoms with van der Waals surface area (Å²) in [7, 11) is 2.25. The molecule has 7 fully saturated rings. The van der Waals surface area contributed by atoms with E-state index in [4.69, 9.17) is 14.5 Å². The lowest BCUT2D eigenvalue weighted by atomic mass is 9.86. The zero-order valence-electron chi connectivity index (χ0n) is 23.7. The number of aromatic nitrogens is 3. The van der Waals surface area contributed by atoms with Gasteiger partial charge in [-0.25, -0.2) is 9.50 Å².